The van der Waals surface area contributed by atoms with Gasteiger partial charge >= 0.3 is 0 Å². The summed E-state index contributed by atoms with van der Waals surface area (Å²) in [5.74, 6) is 0.0823. The molecule has 0 aromatic heterocycles. The minimum absolute atomic E-state index is 0.0823. The molecule has 1 aromatic carbocycles. The molecule has 1 heterocycles. The number of amides is 1. The van der Waals surface area contributed by atoms with Gasteiger partial charge in [0.15, 0.2) is 0 Å². The molecule has 0 unspecified atom stereocenters. The van der Waals surface area contributed by atoms with Crippen molar-refractivity contribution in [3.05, 3.63) is 27.7 Å². The first-order valence-corrected chi connectivity index (χ1v) is 7.78. The van der Waals surface area contributed by atoms with E-state index in [4.69, 9.17) is 5.73 Å². The Morgan fingerprint density at radius 1 is 1.25 bits per heavy atom. The fourth-order valence-electron chi connectivity index (χ4n) is 2.53. The molecule has 0 saturated carbocycles. The second-order valence-corrected chi connectivity index (χ2v) is 6.51. The van der Waals surface area contributed by atoms with Gasteiger partial charge in [0.2, 0.25) is 0 Å². The molecule has 0 bridgehead atoms. The summed E-state index contributed by atoms with van der Waals surface area (Å²) >= 11 is 3.41. The number of rotatable bonds is 2. The summed E-state index contributed by atoms with van der Waals surface area (Å²) in [7, 11) is 0. The normalized spacial score (nSPS) is 16.8. The molecule has 0 atom stereocenters. The van der Waals surface area contributed by atoms with E-state index in [1.165, 1.54) is 0 Å². The molecule has 1 amide bonds. The summed E-state index contributed by atoms with van der Waals surface area (Å²) in [6.45, 7) is 9.72. The van der Waals surface area contributed by atoms with Gasteiger partial charge in [-0.1, -0.05) is 15.9 Å². The summed E-state index contributed by atoms with van der Waals surface area (Å²) in [5, 5.41) is 0. The largest absolute Gasteiger partial charge is 0.398 e. The standard InChI is InChI=1S/C15H22BrN3O/c1-10(2)18-4-6-19(7-5-18)15(20)13-8-12(16)9-14(17)11(13)3/h8-10H,4-7,17H2,1-3H3. The maximum Gasteiger partial charge on any atom is 0.254 e. The van der Waals surface area contributed by atoms with Gasteiger partial charge in [-0.2, -0.15) is 0 Å². The van der Waals surface area contributed by atoms with Crippen LogP contribution in [0, 0.1) is 6.92 Å². The Morgan fingerprint density at radius 3 is 2.40 bits per heavy atom. The quantitative estimate of drug-likeness (QED) is 0.842. The molecule has 1 aliphatic heterocycles. The molecule has 2 rings (SSSR count). The molecule has 1 aromatic rings. The van der Waals surface area contributed by atoms with Crippen LogP contribution in [0.4, 0.5) is 5.69 Å². The number of benzene rings is 1. The van der Waals surface area contributed by atoms with E-state index in [-0.39, 0.29) is 5.91 Å². The predicted octanol–water partition coefficient (Wildman–Crippen LogP) is 2.51. The zero-order chi connectivity index (χ0) is 14.9. The minimum atomic E-state index is 0.0823. The zero-order valence-corrected chi connectivity index (χ0v) is 13.9. The molecular weight excluding hydrogens is 318 g/mol. The lowest BCUT2D eigenvalue weighted by Crippen LogP contribution is -2.50. The van der Waals surface area contributed by atoms with Crippen molar-refractivity contribution in [3.63, 3.8) is 0 Å². The molecule has 2 N–H and O–H groups in total. The molecular formula is C15H22BrN3O. The molecule has 0 spiro atoms. The first-order valence-electron chi connectivity index (χ1n) is 6.99. The number of carbonyl (C=O) groups is 1. The van der Waals surface area contributed by atoms with Crippen LogP contribution in [0.3, 0.4) is 0 Å². The van der Waals surface area contributed by atoms with E-state index < -0.39 is 0 Å². The van der Waals surface area contributed by atoms with Gasteiger partial charge in [0, 0.05) is 47.9 Å². The number of piperazine rings is 1. The molecule has 0 radical (unpaired) electrons. The van der Waals surface area contributed by atoms with Crippen LogP contribution in [0.25, 0.3) is 0 Å². The van der Waals surface area contributed by atoms with E-state index in [1.807, 2.05) is 24.0 Å². The molecule has 0 aliphatic carbocycles. The van der Waals surface area contributed by atoms with Gasteiger partial charge in [-0.05, 0) is 38.5 Å². The molecule has 1 saturated heterocycles. The van der Waals surface area contributed by atoms with E-state index in [9.17, 15) is 4.79 Å². The van der Waals surface area contributed by atoms with Crippen molar-refractivity contribution in [1.82, 2.24) is 9.80 Å². The summed E-state index contributed by atoms with van der Waals surface area (Å²) in [4.78, 5) is 17.0. The number of nitrogens with zero attached hydrogens (tertiary/aromatic N) is 2. The van der Waals surface area contributed by atoms with E-state index in [2.05, 4.69) is 34.7 Å². The lowest BCUT2D eigenvalue weighted by molar-refractivity contribution is 0.0595. The van der Waals surface area contributed by atoms with Gasteiger partial charge < -0.3 is 10.6 Å². The third-order valence-corrected chi connectivity index (χ3v) is 4.43. The van der Waals surface area contributed by atoms with Gasteiger partial charge in [0.25, 0.3) is 5.91 Å². The summed E-state index contributed by atoms with van der Waals surface area (Å²) in [5.41, 5.74) is 8.17. The van der Waals surface area contributed by atoms with Crippen LogP contribution in [0.1, 0.15) is 29.8 Å². The first-order chi connectivity index (χ1) is 9.40. The third kappa shape index (κ3) is 3.15. The summed E-state index contributed by atoms with van der Waals surface area (Å²) in [6, 6.07) is 4.24. The molecule has 1 fully saturated rings. The monoisotopic (exact) mass is 339 g/mol. The fraction of sp³-hybridized carbons (Fsp3) is 0.533. The number of halogens is 1. The minimum Gasteiger partial charge on any atom is -0.398 e. The Kier molecular flexibility index (Phi) is 4.70. The molecule has 4 nitrogen and oxygen atoms in total. The topological polar surface area (TPSA) is 49.6 Å². The Balaban J connectivity index is 2.13. The predicted molar refractivity (Wildman–Crippen MR) is 85.9 cm³/mol. The lowest BCUT2D eigenvalue weighted by atomic mass is 10.1. The second-order valence-electron chi connectivity index (χ2n) is 5.59. The van der Waals surface area contributed by atoms with Crippen molar-refractivity contribution in [2.24, 2.45) is 0 Å². The highest BCUT2D eigenvalue weighted by Gasteiger charge is 2.24. The van der Waals surface area contributed by atoms with Crippen LogP contribution in [-0.4, -0.2) is 47.9 Å². The van der Waals surface area contributed by atoms with Crippen molar-refractivity contribution in [2.75, 3.05) is 31.9 Å². The number of carbonyl (C=O) groups excluding carboxylic acids is 1. The van der Waals surface area contributed by atoms with Crippen LogP contribution in [0.15, 0.2) is 16.6 Å². The highest BCUT2D eigenvalue weighted by atomic mass is 79.9. The maximum atomic E-state index is 12.6. The average Bonchev–Trinajstić information content (AvgIpc) is 2.42. The van der Waals surface area contributed by atoms with Crippen LogP contribution in [0.5, 0.6) is 0 Å². The third-order valence-electron chi connectivity index (χ3n) is 3.97. The average molecular weight is 340 g/mol. The Bertz CT molecular complexity index is 508. The summed E-state index contributed by atoms with van der Waals surface area (Å²) in [6.07, 6.45) is 0. The van der Waals surface area contributed by atoms with Crippen LogP contribution < -0.4 is 5.73 Å². The van der Waals surface area contributed by atoms with Crippen LogP contribution >= 0.6 is 15.9 Å². The highest BCUT2D eigenvalue weighted by molar-refractivity contribution is 9.10. The van der Waals surface area contributed by atoms with Gasteiger partial charge in [-0.15, -0.1) is 0 Å². The number of nitrogen functional groups attached to an aromatic ring is 1. The highest BCUT2D eigenvalue weighted by Crippen LogP contribution is 2.24. The Hall–Kier alpha value is -1.07. The zero-order valence-electron chi connectivity index (χ0n) is 12.3. The first kappa shape index (κ1) is 15.3. The van der Waals surface area contributed by atoms with Crippen LogP contribution in [-0.2, 0) is 0 Å². The summed E-state index contributed by atoms with van der Waals surface area (Å²) < 4.78 is 0.852. The molecule has 20 heavy (non-hydrogen) atoms. The van der Waals surface area contributed by atoms with E-state index >= 15 is 0 Å². The van der Waals surface area contributed by atoms with Gasteiger partial charge in [-0.25, -0.2) is 0 Å². The fourth-order valence-corrected chi connectivity index (χ4v) is 3.01. The number of hydrogen-bond donors (Lipinski definition) is 1. The number of nitrogens with two attached hydrogens (primary N) is 1. The second kappa shape index (κ2) is 6.14. The van der Waals surface area contributed by atoms with Crippen molar-refractivity contribution in [1.29, 1.82) is 0 Å². The number of anilines is 1. The van der Waals surface area contributed by atoms with Crippen molar-refractivity contribution in [2.45, 2.75) is 26.8 Å². The van der Waals surface area contributed by atoms with Gasteiger partial charge in [0.05, 0.1) is 0 Å². The van der Waals surface area contributed by atoms with E-state index in [0.717, 1.165) is 36.2 Å². The van der Waals surface area contributed by atoms with Crippen molar-refractivity contribution in [3.8, 4) is 0 Å². The van der Waals surface area contributed by atoms with Gasteiger partial charge in [0.1, 0.15) is 0 Å². The van der Waals surface area contributed by atoms with Gasteiger partial charge in [-0.3, -0.25) is 9.69 Å². The lowest BCUT2D eigenvalue weighted by Gasteiger charge is -2.37. The van der Waals surface area contributed by atoms with E-state index in [1.54, 1.807) is 0 Å². The molecule has 110 valence electrons. The Morgan fingerprint density at radius 2 is 1.85 bits per heavy atom. The Labute approximate surface area is 129 Å². The van der Waals surface area contributed by atoms with E-state index in [0.29, 0.717) is 17.3 Å². The SMILES string of the molecule is Cc1c(N)cc(Br)cc1C(=O)N1CCN(C(C)C)CC1. The smallest absolute Gasteiger partial charge is 0.254 e. The number of hydrogen-bond acceptors (Lipinski definition) is 3. The van der Waals surface area contributed by atoms with Crippen molar-refractivity contribution < 1.29 is 4.79 Å². The van der Waals surface area contributed by atoms with Crippen molar-refractivity contribution >= 4 is 27.5 Å². The maximum absolute atomic E-state index is 12.6. The molecule has 1 aliphatic rings. The molecule has 5 heteroatoms. The van der Waals surface area contributed by atoms with Crippen LogP contribution in [0.2, 0.25) is 0 Å².